The molecule has 1 aromatic carbocycles. The summed E-state index contributed by atoms with van der Waals surface area (Å²) >= 11 is 0. The van der Waals surface area contributed by atoms with E-state index >= 15 is 0 Å². The maximum absolute atomic E-state index is 13.3. The van der Waals surface area contributed by atoms with Gasteiger partial charge in [0.1, 0.15) is 5.76 Å². The molecule has 1 aromatic rings. The molecule has 0 spiro atoms. The Bertz CT molecular complexity index is 1150. The number of nitrogens with zero attached hydrogens (tertiary/aromatic N) is 1. The highest BCUT2D eigenvalue weighted by Gasteiger charge is 2.36. The molecule has 3 rings (SSSR count). The molecule has 9 heteroatoms. The summed E-state index contributed by atoms with van der Waals surface area (Å²) in [6, 6.07) is 3.90. The number of carbonyl (C=O) groups is 1. The quantitative estimate of drug-likeness (QED) is 0.502. The Kier molecular flexibility index (Phi) is 6.01. The van der Waals surface area contributed by atoms with Crippen LogP contribution in [0.25, 0.3) is 5.57 Å². The summed E-state index contributed by atoms with van der Waals surface area (Å²) in [4.78, 5) is 13.3. The minimum absolute atomic E-state index is 0.0728. The Balaban J connectivity index is 2.02. The van der Waals surface area contributed by atoms with Crippen molar-refractivity contribution in [2.24, 2.45) is 5.92 Å². The van der Waals surface area contributed by atoms with Gasteiger partial charge in [-0.1, -0.05) is 23.8 Å². The average molecular weight is 454 g/mol. The lowest BCUT2D eigenvalue weighted by atomic mass is 9.91. The molecule has 1 aliphatic heterocycles. The van der Waals surface area contributed by atoms with Crippen molar-refractivity contribution in [3.63, 3.8) is 0 Å². The molecular formula is C21H27NO6S2. The maximum atomic E-state index is 13.3. The second-order valence-corrected chi connectivity index (χ2v) is 11.8. The molecule has 164 valence electrons. The Labute approximate surface area is 178 Å². The average Bonchev–Trinajstić information content (AvgIpc) is 3.13. The molecule has 0 saturated carbocycles. The molecule has 0 bridgehead atoms. The highest BCUT2D eigenvalue weighted by atomic mass is 32.2. The largest absolute Gasteiger partial charge is 0.386 e. The number of carbonyl (C=O) groups excluding carboxylic acids is 1. The van der Waals surface area contributed by atoms with Crippen molar-refractivity contribution in [2.75, 3.05) is 25.6 Å². The molecule has 1 aliphatic carbocycles. The summed E-state index contributed by atoms with van der Waals surface area (Å²) < 4.78 is 53.8. The molecule has 0 N–H and O–H groups in total. The predicted molar refractivity (Wildman–Crippen MR) is 116 cm³/mol. The fraction of sp³-hybridized carbons (Fsp3) is 0.476. The molecule has 0 aromatic heterocycles. The summed E-state index contributed by atoms with van der Waals surface area (Å²) in [5, 5.41) is 0. The SMILES string of the molecule is Cc1cc(C)c(C2=C(OS(C)(=O)=O)CC(=CC3CCN(S(C)(=O)=O)C3)C2=O)c(C)c1. The molecule has 7 nitrogen and oxygen atoms in total. The maximum Gasteiger partial charge on any atom is 0.305 e. The smallest absolute Gasteiger partial charge is 0.305 e. The zero-order valence-corrected chi connectivity index (χ0v) is 19.5. The Morgan fingerprint density at radius 3 is 2.17 bits per heavy atom. The van der Waals surface area contributed by atoms with E-state index < -0.39 is 20.1 Å². The number of hydrogen-bond acceptors (Lipinski definition) is 6. The lowest BCUT2D eigenvalue weighted by Crippen LogP contribution is -2.27. The highest BCUT2D eigenvalue weighted by Crippen LogP contribution is 2.40. The molecule has 30 heavy (non-hydrogen) atoms. The summed E-state index contributed by atoms with van der Waals surface area (Å²) in [7, 11) is -7.09. The van der Waals surface area contributed by atoms with Crippen LogP contribution in [0.5, 0.6) is 0 Å². The van der Waals surface area contributed by atoms with Crippen LogP contribution in [0.15, 0.2) is 29.5 Å². The van der Waals surface area contributed by atoms with E-state index in [1.54, 1.807) is 6.08 Å². The van der Waals surface area contributed by atoms with Crippen molar-refractivity contribution in [1.82, 2.24) is 4.31 Å². The molecule has 1 saturated heterocycles. The van der Waals surface area contributed by atoms with Crippen molar-refractivity contribution >= 4 is 31.5 Å². The zero-order valence-electron chi connectivity index (χ0n) is 17.9. The van der Waals surface area contributed by atoms with Gasteiger partial charge in [-0.3, -0.25) is 4.79 Å². The van der Waals surface area contributed by atoms with E-state index in [0.29, 0.717) is 30.6 Å². The molecule has 2 aliphatic rings. The van der Waals surface area contributed by atoms with E-state index in [4.69, 9.17) is 4.18 Å². The molecule has 1 heterocycles. The summed E-state index contributed by atoms with van der Waals surface area (Å²) in [5.41, 5.74) is 4.21. The third-order valence-corrected chi connectivity index (χ3v) is 7.19. The number of ketones is 1. The first kappa shape index (κ1) is 22.7. The molecular weight excluding hydrogens is 426 g/mol. The molecule has 0 radical (unpaired) electrons. The minimum Gasteiger partial charge on any atom is -0.386 e. The Morgan fingerprint density at radius 1 is 1.07 bits per heavy atom. The fourth-order valence-electron chi connectivity index (χ4n) is 4.32. The van der Waals surface area contributed by atoms with Crippen LogP contribution >= 0.6 is 0 Å². The number of aryl methyl sites for hydroxylation is 3. The Hall–Kier alpha value is -1.97. The number of sulfonamides is 1. The number of allylic oxidation sites excluding steroid dienone is 2. The van der Waals surface area contributed by atoms with Crippen molar-refractivity contribution in [3.8, 4) is 0 Å². The van der Waals surface area contributed by atoms with Crippen molar-refractivity contribution < 1.29 is 25.8 Å². The van der Waals surface area contributed by atoms with E-state index in [1.165, 1.54) is 10.6 Å². The summed E-state index contributed by atoms with van der Waals surface area (Å²) in [6.07, 6.45) is 4.60. The molecule has 1 fully saturated rings. The van der Waals surface area contributed by atoms with Gasteiger partial charge in [0, 0.05) is 25.1 Å². The van der Waals surface area contributed by atoms with Crippen LogP contribution in [0.3, 0.4) is 0 Å². The number of hydrogen-bond donors (Lipinski definition) is 0. The lowest BCUT2D eigenvalue weighted by Gasteiger charge is -2.13. The standard InChI is InChI=1S/C21H27NO6S2/c1-13-8-14(2)19(15(3)9-13)20-18(28-30(5,26)27)11-17(21(20)23)10-16-6-7-22(12-16)29(4,24)25/h8-10,16H,6-7,11-12H2,1-5H3. The van der Waals surface area contributed by atoms with E-state index in [-0.39, 0.29) is 29.5 Å². The van der Waals surface area contributed by atoms with Gasteiger partial charge in [-0.15, -0.1) is 0 Å². The van der Waals surface area contributed by atoms with Crippen molar-refractivity contribution in [2.45, 2.75) is 33.6 Å². The predicted octanol–water partition coefficient (Wildman–Crippen LogP) is 2.48. The minimum atomic E-state index is -3.81. The highest BCUT2D eigenvalue weighted by molar-refractivity contribution is 7.88. The van der Waals surface area contributed by atoms with Crippen LogP contribution in [-0.4, -0.2) is 52.5 Å². The van der Waals surface area contributed by atoms with E-state index in [9.17, 15) is 21.6 Å². The number of rotatable bonds is 5. The van der Waals surface area contributed by atoms with Gasteiger partial charge in [-0.25, -0.2) is 12.7 Å². The topological polar surface area (TPSA) is 97.8 Å². The second-order valence-electron chi connectivity index (χ2n) is 8.23. The van der Waals surface area contributed by atoms with Gasteiger partial charge in [0.25, 0.3) is 0 Å². The van der Waals surface area contributed by atoms with Gasteiger partial charge in [-0.05, 0) is 49.8 Å². The van der Waals surface area contributed by atoms with Crippen molar-refractivity contribution in [1.29, 1.82) is 0 Å². The first-order valence-corrected chi connectivity index (χ1v) is 13.3. The van der Waals surface area contributed by atoms with E-state index in [0.717, 1.165) is 22.9 Å². The van der Waals surface area contributed by atoms with Crippen LogP contribution in [-0.2, 0) is 29.1 Å². The van der Waals surface area contributed by atoms with Crippen LogP contribution in [0, 0.1) is 26.7 Å². The van der Waals surface area contributed by atoms with E-state index in [2.05, 4.69) is 0 Å². The van der Waals surface area contributed by atoms with Gasteiger partial charge < -0.3 is 4.18 Å². The molecule has 1 unspecified atom stereocenters. The van der Waals surface area contributed by atoms with Crippen LogP contribution in [0.4, 0.5) is 0 Å². The van der Waals surface area contributed by atoms with Crippen LogP contribution in [0.1, 0.15) is 35.1 Å². The van der Waals surface area contributed by atoms with Gasteiger partial charge in [0.2, 0.25) is 10.0 Å². The van der Waals surface area contributed by atoms with Gasteiger partial charge in [-0.2, -0.15) is 8.42 Å². The first-order chi connectivity index (χ1) is 13.8. The van der Waals surface area contributed by atoms with Crippen molar-refractivity contribution in [3.05, 3.63) is 51.8 Å². The van der Waals surface area contributed by atoms with Gasteiger partial charge in [0.05, 0.1) is 18.1 Å². The fourth-order valence-corrected chi connectivity index (χ4v) is 5.73. The first-order valence-electron chi connectivity index (χ1n) is 9.67. The number of Topliss-reactive ketones (excluding diaryl/α,β-unsaturated/α-hetero) is 1. The molecule has 1 atom stereocenters. The van der Waals surface area contributed by atoms with E-state index in [1.807, 2.05) is 32.9 Å². The third-order valence-electron chi connectivity index (χ3n) is 5.42. The number of benzene rings is 1. The summed E-state index contributed by atoms with van der Waals surface area (Å²) in [6.45, 7) is 6.45. The lowest BCUT2D eigenvalue weighted by molar-refractivity contribution is -0.110. The van der Waals surface area contributed by atoms with Crippen LogP contribution < -0.4 is 0 Å². The zero-order chi connectivity index (χ0) is 22.4. The monoisotopic (exact) mass is 453 g/mol. The van der Waals surface area contributed by atoms with Crippen LogP contribution in [0.2, 0.25) is 0 Å². The normalized spacial score (nSPS) is 22.4. The Morgan fingerprint density at radius 2 is 1.67 bits per heavy atom. The summed E-state index contributed by atoms with van der Waals surface area (Å²) in [5.74, 6) is -0.235. The second kappa shape index (κ2) is 7.94. The molecule has 0 amide bonds. The van der Waals surface area contributed by atoms with Gasteiger partial charge in [0.15, 0.2) is 5.78 Å². The van der Waals surface area contributed by atoms with Gasteiger partial charge >= 0.3 is 10.1 Å². The third kappa shape index (κ3) is 4.84.